The van der Waals surface area contributed by atoms with Crippen LogP contribution in [0.25, 0.3) is 0 Å². The number of hydrogen-bond acceptors (Lipinski definition) is 3. The molecule has 13 heavy (non-hydrogen) atoms. The van der Waals surface area contributed by atoms with E-state index in [4.69, 9.17) is 10.5 Å². The van der Waals surface area contributed by atoms with Crippen LogP contribution in [0.15, 0.2) is 0 Å². The molecule has 3 unspecified atom stereocenters. The van der Waals surface area contributed by atoms with Crippen molar-refractivity contribution in [3.8, 4) is 0 Å². The van der Waals surface area contributed by atoms with E-state index in [1.165, 1.54) is 0 Å². The smallest absolute Gasteiger partial charge is 0.404 e. The molecule has 1 rings (SSSR count). The Labute approximate surface area is 77.4 Å². The van der Waals surface area contributed by atoms with Gasteiger partial charge in [0.1, 0.15) is 11.9 Å². The molecule has 3 atom stereocenters. The number of primary amides is 1. The van der Waals surface area contributed by atoms with E-state index in [9.17, 15) is 9.59 Å². The van der Waals surface area contributed by atoms with Crippen molar-refractivity contribution in [2.75, 3.05) is 0 Å². The van der Waals surface area contributed by atoms with Gasteiger partial charge in [-0.15, -0.1) is 0 Å². The Morgan fingerprint density at radius 2 is 2.15 bits per heavy atom. The zero-order valence-electron chi connectivity index (χ0n) is 7.95. The van der Waals surface area contributed by atoms with Crippen LogP contribution in [-0.2, 0) is 9.53 Å². The van der Waals surface area contributed by atoms with Crippen molar-refractivity contribution in [2.45, 2.75) is 32.8 Å². The minimum Gasteiger partial charge on any atom is -0.446 e. The van der Waals surface area contributed by atoms with E-state index in [-0.39, 0.29) is 23.7 Å². The van der Waals surface area contributed by atoms with Gasteiger partial charge in [-0.1, -0.05) is 13.8 Å². The van der Waals surface area contributed by atoms with Gasteiger partial charge in [0.15, 0.2) is 0 Å². The number of ether oxygens (including phenoxy) is 1. The van der Waals surface area contributed by atoms with Crippen molar-refractivity contribution in [3.63, 3.8) is 0 Å². The summed E-state index contributed by atoms with van der Waals surface area (Å²) < 4.78 is 4.91. The Morgan fingerprint density at radius 3 is 2.69 bits per heavy atom. The molecule has 1 saturated carbocycles. The first-order chi connectivity index (χ1) is 6.00. The van der Waals surface area contributed by atoms with Gasteiger partial charge in [-0.25, -0.2) is 4.79 Å². The molecule has 0 radical (unpaired) electrons. The van der Waals surface area contributed by atoms with Gasteiger partial charge in [0.25, 0.3) is 0 Å². The van der Waals surface area contributed by atoms with Crippen molar-refractivity contribution >= 4 is 11.9 Å². The summed E-state index contributed by atoms with van der Waals surface area (Å²) in [6, 6.07) is 0. The zero-order valence-corrected chi connectivity index (χ0v) is 7.95. The number of nitrogens with two attached hydrogens (primary N) is 1. The highest BCUT2D eigenvalue weighted by Gasteiger charge is 2.33. The van der Waals surface area contributed by atoms with Gasteiger partial charge < -0.3 is 10.5 Å². The topological polar surface area (TPSA) is 69.4 Å². The second kappa shape index (κ2) is 3.77. The lowest BCUT2D eigenvalue weighted by atomic mass is 9.81. The van der Waals surface area contributed by atoms with E-state index in [0.29, 0.717) is 12.8 Å². The minimum atomic E-state index is -0.751. The molecule has 0 aromatic carbocycles. The average molecular weight is 185 g/mol. The monoisotopic (exact) mass is 185 g/mol. The highest BCUT2D eigenvalue weighted by atomic mass is 16.6. The van der Waals surface area contributed by atoms with Crippen molar-refractivity contribution in [1.29, 1.82) is 0 Å². The highest BCUT2D eigenvalue weighted by molar-refractivity contribution is 5.81. The Hall–Kier alpha value is -1.06. The van der Waals surface area contributed by atoms with Gasteiger partial charge in [0, 0.05) is 18.3 Å². The van der Waals surface area contributed by atoms with Crippen LogP contribution in [-0.4, -0.2) is 18.0 Å². The van der Waals surface area contributed by atoms with Crippen LogP contribution in [0.5, 0.6) is 0 Å². The summed E-state index contributed by atoms with van der Waals surface area (Å²) in [6.07, 6.45) is 0.144. The molecule has 2 N–H and O–H groups in total. The van der Waals surface area contributed by atoms with Crippen molar-refractivity contribution in [1.82, 2.24) is 0 Å². The molecule has 74 valence electrons. The Morgan fingerprint density at radius 1 is 1.54 bits per heavy atom. The van der Waals surface area contributed by atoms with Gasteiger partial charge in [-0.2, -0.15) is 0 Å². The van der Waals surface area contributed by atoms with Crippen LogP contribution in [0.2, 0.25) is 0 Å². The summed E-state index contributed by atoms with van der Waals surface area (Å²) in [5.74, 6) is 0.327. The summed E-state index contributed by atoms with van der Waals surface area (Å²) in [4.78, 5) is 21.8. The molecule has 1 fully saturated rings. The van der Waals surface area contributed by atoms with E-state index in [1.807, 2.05) is 13.8 Å². The highest BCUT2D eigenvalue weighted by Crippen LogP contribution is 2.27. The number of carbonyl (C=O) groups excluding carboxylic acids is 2. The second-order valence-electron chi connectivity index (χ2n) is 3.76. The fourth-order valence-electron chi connectivity index (χ4n) is 1.68. The molecule has 4 heteroatoms. The molecule has 0 aliphatic heterocycles. The Kier molecular flexibility index (Phi) is 2.90. The van der Waals surface area contributed by atoms with E-state index < -0.39 is 6.09 Å². The molecule has 0 bridgehead atoms. The summed E-state index contributed by atoms with van der Waals surface area (Å²) in [5.41, 5.74) is 4.92. The van der Waals surface area contributed by atoms with Gasteiger partial charge in [0.2, 0.25) is 0 Å². The number of Topliss-reactive ketones (excluding diaryl/α,β-unsaturated/α-hetero) is 1. The number of amides is 1. The molecule has 0 saturated heterocycles. The number of ketones is 1. The third-order valence-electron chi connectivity index (χ3n) is 2.56. The molecule has 0 spiro atoms. The minimum absolute atomic E-state index is 0.0134. The lowest BCUT2D eigenvalue weighted by Gasteiger charge is -2.30. The van der Waals surface area contributed by atoms with E-state index in [1.54, 1.807) is 0 Å². The largest absolute Gasteiger partial charge is 0.446 e. The maximum absolute atomic E-state index is 11.3. The van der Waals surface area contributed by atoms with Gasteiger partial charge in [-0.3, -0.25) is 4.79 Å². The zero-order chi connectivity index (χ0) is 10.0. The fourth-order valence-corrected chi connectivity index (χ4v) is 1.68. The first-order valence-corrected chi connectivity index (χ1v) is 4.49. The number of rotatable bonds is 1. The molecule has 0 aromatic heterocycles. The molecule has 1 aliphatic rings. The van der Waals surface area contributed by atoms with Crippen LogP contribution in [0.4, 0.5) is 4.79 Å². The first-order valence-electron chi connectivity index (χ1n) is 4.49. The summed E-state index contributed by atoms with van der Waals surface area (Å²) >= 11 is 0. The van der Waals surface area contributed by atoms with Crippen molar-refractivity contribution < 1.29 is 14.3 Å². The molecule has 1 amide bonds. The molecular formula is C9H15NO3. The average Bonchev–Trinajstić information content (AvgIpc) is 1.99. The van der Waals surface area contributed by atoms with Crippen molar-refractivity contribution in [2.24, 2.45) is 17.6 Å². The fraction of sp³-hybridized carbons (Fsp3) is 0.778. The molecule has 0 aromatic rings. The standard InChI is InChI=1S/C9H15NO3/c1-5-4-8(13-9(10)12)6(2)3-7(5)11/h5-6,8H,3-4H2,1-2H3,(H2,10,12). The summed E-state index contributed by atoms with van der Waals surface area (Å²) in [5, 5.41) is 0. The van der Waals surface area contributed by atoms with Crippen molar-refractivity contribution in [3.05, 3.63) is 0 Å². The molecule has 4 nitrogen and oxygen atoms in total. The third kappa shape index (κ3) is 2.44. The quantitative estimate of drug-likeness (QED) is 0.664. The predicted octanol–water partition coefficient (Wildman–Crippen LogP) is 1.09. The van der Waals surface area contributed by atoms with Crippen LogP contribution in [0.3, 0.4) is 0 Å². The molecule has 1 aliphatic carbocycles. The van der Waals surface area contributed by atoms with Crippen LogP contribution >= 0.6 is 0 Å². The maximum Gasteiger partial charge on any atom is 0.404 e. The SMILES string of the molecule is CC1CC(OC(N)=O)C(C)CC1=O. The number of hydrogen-bond donors (Lipinski definition) is 1. The second-order valence-corrected chi connectivity index (χ2v) is 3.76. The van der Waals surface area contributed by atoms with E-state index in [0.717, 1.165) is 0 Å². The number of carbonyl (C=O) groups is 2. The van der Waals surface area contributed by atoms with Gasteiger partial charge >= 0.3 is 6.09 Å². The third-order valence-corrected chi connectivity index (χ3v) is 2.56. The molecule has 0 heterocycles. The lowest BCUT2D eigenvalue weighted by molar-refractivity contribution is -0.128. The Balaban J connectivity index is 2.56. The summed E-state index contributed by atoms with van der Waals surface area (Å²) in [6.45, 7) is 3.75. The van der Waals surface area contributed by atoms with Crippen LogP contribution in [0.1, 0.15) is 26.7 Å². The van der Waals surface area contributed by atoms with Gasteiger partial charge in [-0.05, 0) is 6.42 Å². The van der Waals surface area contributed by atoms with Gasteiger partial charge in [0.05, 0.1) is 0 Å². The summed E-state index contributed by atoms with van der Waals surface area (Å²) in [7, 11) is 0. The lowest BCUT2D eigenvalue weighted by Crippen LogP contribution is -2.37. The van der Waals surface area contributed by atoms with E-state index in [2.05, 4.69) is 0 Å². The van der Waals surface area contributed by atoms with Crippen LogP contribution in [0, 0.1) is 11.8 Å². The first kappa shape index (κ1) is 10.0. The predicted molar refractivity (Wildman–Crippen MR) is 47.0 cm³/mol. The van der Waals surface area contributed by atoms with E-state index >= 15 is 0 Å². The molecular weight excluding hydrogens is 170 g/mol. The normalized spacial score (nSPS) is 34.3. The Bertz CT molecular complexity index is 227. The van der Waals surface area contributed by atoms with Crippen LogP contribution < -0.4 is 5.73 Å². The maximum atomic E-state index is 11.3.